The van der Waals surface area contributed by atoms with Gasteiger partial charge in [0.15, 0.2) is 0 Å². The second-order valence-corrected chi connectivity index (χ2v) is 7.58. The molecule has 6 heteroatoms. The quantitative estimate of drug-likeness (QED) is 0.904. The van der Waals surface area contributed by atoms with E-state index in [1.165, 1.54) is 11.0 Å². The average Bonchev–Trinajstić information content (AvgIpc) is 3.17. The Bertz CT molecular complexity index is 856. The number of aliphatic hydroxyl groups excluding tert-OH is 1. The number of para-hydroxylation sites is 1. The molecule has 134 valence electrons. The topological polar surface area (TPSA) is 52.9 Å². The number of thioether (sulfide) groups is 1. The van der Waals surface area contributed by atoms with Gasteiger partial charge < -0.3 is 10.0 Å². The number of halogens is 1. The minimum atomic E-state index is -0.528. The van der Waals surface area contributed by atoms with E-state index in [-0.39, 0.29) is 18.4 Å². The number of nitrogens with zero attached hydrogens (tertiary/aromatic N) is 2. The molecule has 26 heavy (non-hydrogen) atoms. The zero-order valence-corrected chi connectivity index (χ0v) is 15.0. The van der Waals surface area contributed by atoms with Crippen LogP contribution in [0.4, 0.5) is 10.1 Å². The molecule has 2 aromatic carbocycles. The molecule has 2 heterocycles. The fourth-order valence-corrected chi connectivity index (χ4v) is 4.53. The highest BCUT2D eigenvalue weighted by atomic mass is 32.2. The van der Waals surface area contributed by atoms with E-state index in [2.05, 4.69) is 4.99 Å². The Kier molecular flexibility index (Phi) is 4.78. The van der Waals surface area contributed by atoms with Gasteiger partial charge in [0.1, 0.15) is 11.9 Å². The molecule has 0 aliphatic carbocycles. The van der Waals surface area contributed by atoms with Gasteiger partial charge in [-0.3, -0.25) is 9.79 Å². The molecule has 1 amide bonds. The molecule has 2 aliphatic heterocycles. The van der Waals surface area contributed by atoms with Crippen LogP contribution in [0.1, 0.15) is 11.1 Å². The molecule has 2 aliphatic rings. The van der Waals surface area contributed by atoms with Crippen molar-refractivity contribution in [3.8, 4) is 0 Å². The lowest BCUT2D eigenvalue weighted by molar-refractivity contribution is -0.119. The summed E-state index contributed by atoms with van der Waals surface area (Å²) in [7, 11) is 0. The number of benzene rings is 2. The first kappa shape index (κ1) is 17.2. The number of amides is 1. The van der Waals surface area contributed by atoms with Crippen LogP contribution < -0.4 is 4.90 Å². The maximum absolute atomic E-state index is 14.4. The number of anilines is 1. The van der Waals surface area contributed by atoms with Crippen molar-refractivity contribution in [1.82, 2.24) is 0 Å². The number of fused-ring (bicyclic) bond motifs is 1. The standard InChI is InChI=1S/C20H19FN2O2S/c21-16-8-4-7-15-9-13(11-24)10-23(18(15)16)20(25)17-12-26-19(22-17)14-5-2-1-3-6-14/h1-8,13,17,24H,9-12H2/t13?,17-/m0/s1. The second kappa shape index (κ2) is 7.21. The van der Waals surface area contributed by atoms with E-state index in [4.69, 9.17) is 0 Å². The third kappa shape index (κ3) is 3.15. The van der Waals surface area contributed by atoms with Crippen molar-refractivity contribution < 1.29 is 14.3 Å². The summed E-state index contributed by atoms with van der Waals surface area (Å²) in [5, 5.41) is 10.4. The van der Waals surface area contributed by atoms with Gasteiger partial charge in [0.25, 0.3) is 5.91 Å². The largest absolute Gasteiger partial charge is 0.396 e. The molecule has 0 bridgehead atoms. The number of carbonyl (C=O) groups excluding carboxylic acids is 1. The maximum Gasteiger partial charge on any atom is 0.252 e. The van der Waals surface area contributed by atoms with E-state index in [0.29, 0.717) is 24.4 Å². The summed E-state index contributed by atoms with van der Waals surface area (Å²) in [5.41, 5.74) is 2.10. The van der Waals surface area contributed by atoms with Crippen LogP contribution in [0.5, 0.6) is 0 Å². The fraction of sp³-hybridized carbons (Fsp3) is 0.300. The van der Waals surface area contributed by atoms with Gasteiger partial charge >= 0.3 is 0 Å². The van der Waals surface area contributed by atoms with Crippen LogP contribution in [0, 0.1) is 11.7 Å². The van der Waals surface area contributed by atoms with Crippen molar-refractivity contribution in [3.63, 3.8) is 0 Å². The Hall–Kier alpha value is -2.18. The van der Waals surface area contributed by atoms with Crippen molar-refractivity contribution in [2.24, 2.45) is 10.9 Å². The molecule has 2 atom stereocenters. The van der Waals surface area contributed by atoms with Gasteiger partial charge in [0.2, 0.25) is 0 Å². The van der Waals surface area contributed by atoms with E-state index in [1.807, 2.05) is 36.4 Å². The van der Waals surface area contributed by atoms with Gasteiger partial charge in [0, 0.05) is 30.4 Å². The summed E-state index contributed by atoms with van der Waals surface area (Å²) in [4.78, 5) is 19.2. The minimum absolute atomic E-state index is 0.0301. The zero-order valence-electron chi connectivity index (χ0n) is 14.1. The number of hydrogen-bond acceptors (Lipinski definition) is 4. The number of hydrogen-bond donors (Lipinski definition) is 1. The number of carbonyl (C=O) groups is 1. The normalized spacial score (nSPS) is 22.1. The highest BCUT2D eigenvalue weighted by molar-refractivity contribution is 8.14. The van der Waals surface area contributed by atoms with Gasteiger partial charge in [-0.2, -0.15) is 0 Å². The molecule has 0 spiro atoms. The van der Waals surface area contributed by atoms with E-state index in [1.54, 1.807) is 17.8 Å². The second-order valence-electron chi connectivity index (χ2n) is 6.58. The summed E-state index contributed by atoms with van der Waals surface area (Å²) < 4.78 is 14.4. The minimum Gasteiger partial charge on any atom is -0.396 e. The lowest BCUT2D eigenvalue weighted by Gasteiger charge is -2.35. The Morgan fingerprint density at radius 1 is 1.23 bits per heavy atom. The van der Waals surface area contributed by atoms with Gasteiger partial charge in [-0.05, 0) is 18.1 Å². The lowest BCUT2D eigenvalue weighted by atomic mass is 9.92. The van der Waals surface area contributed by atoms with Crippen LogP contribution in [0.25, 0.3) is 0 Å². The molecule has 1 N–H and O–H groups in total. The number of aliphatic hydroxyl groups is 1. The van der Waals surface area contributed by atoms with Crippen LogP contribution in [-0.4, -0.2) is 41.0 Å². The summed E-state index contributed by atoms with van der Waals surface area (Å²) in [6.45, 7) is 0.290. The van der Waals surface area contributed by atoms with E-state index in [9.17, 15) is 14.3 Å². The number of aliphatic imine (C=N–C) groups is 1. The summed E-state index contributed by atoms with van der Waals surface area (Å²) in [5.74, 6) is -0.134. The van der Waals surface area contributed by atoms with Gasteiger partial charge in [-0.15, -0.1) is 11.8 Å². The smallest absolute Gasteiger partial charge is 0.252 e. The van der Waals surface area contributed by atoms with Gasteiger partial charge in [-0.1, -0.05) is 42.5 Å². The molecule has 0 saturated heterocycles. The van der Waals surface area contributed by atoms with E-state index in [0.717, 1.165) is 16.2 Å². The average molecular weight is 370 g/mol. The van der Waals surface area contributed by atoms with Crippen molar-refractivity contribution in [2.45, 2.75) is 12.5 Å². The van der Waals surface area contributed by atoms with Crippen molar-refractivity contribution >= 4 is 28.4 Å². The highest BCUT2D eigenvalue weighted by Crippen LogP contribution is 2.34. The Balaban J connectivity index is 1.63. The molecule has 1 unspecified atom stereocenters. The summed E-state index contributed by atoms with van der Waals surface area (Å²) >= 11 is 1.55. The molecule has 0 radical (unpaired) electrons. The van der Waals surface area contributed by atoms with Crippen molar-refractivity contribution in [3.05, 3.63) is 65.5 Å². The van der Waals surface area contributed by atoms with E-state index < -0.39 is 11.9 Å². The first-order chi connectivity index (χ1) is 12.7. The van der Waals surface area contributed by atoms with Crippen LogP contribution in [0.3, 0.4) is 0 Å². The molecule has 0 saturated carbocycles. The molecule has 2 aromatic rings. The molecular weight excluding hydrogens is 351 g/mol. The van der Waals surface area contributed by atoms with Gasteiger partial charge in [0.05, 0.1) is 10.7 Å². The highest BCUT2D eigenvalue weighted by Gasteiger charge is 2.36. The van der Waals surface area contributed by atoms with Crippen molar-refractivity contribution in [2.75, 3.05) is 23.8 Å². The molecule has 0 fully saturated rings. The monoisotopic (exact) mass is 370 g/mol. The van der Waals surface area contributed by atoms with Crippen LogP contribution in [0.15, 0.2) is 53.5 Å². The third-order valence-electron chi connectivity index (χ3n) is 4.77. The van der Waals surface area contributed by atoms with Crippen molar-refractivity contribution in [1.29, 1.82) is 0 Å². The Labute approximate surface area is 155 Å². The zero-order chi connectivity index (χ0) is 18.1. The fourth-order valence-electron chi connectivity index (χ4n) is 3.49. The van der Waals surface area contributed by atoms with Crippen LogP contribution in [0.2, 0.25) is 0 Å². The Morgan fingerprint density at radius 3 is 2.81 bits per heavy atom. The molecular formula is C20H19FN2O2S. The van der Waals surface area contributed by atoms with E-state index >= 15 is 0 Å². The third-order valence-corrected chi connectivity index (χ3v) is 5.87. The van der Waals surface area contributed by atoms with Crippen LogP contribution >= 0.6 is 11.8 Å². The first-order valence-electron chi connectivity index (χ1n) is 8.63. The first-order valence-corrected chi connectivity index (χ1v) is 9.61. The predicted octanol–water partition coefficient (Wildman–Crippen LogP) is 2.89. The number of rotatable bonds is 3. The molecule has 4 rings (SSSR count). The summed E-state index contributed by atoms with van der Waals surface area (Å²) in [6, 6.07) is 14.1. The molecule has 4 nitrogen and oxygen atoms in total. The Morgan fingerprint density at radius 2 is 2.04 bits per heavy atom. The van der Waals surface area contributed by atoms with Crippen LogP contribution in [-0.2, 0) is 11.2 Å². The lowest BCUT2D eigenvalue weighted by Crippen LogP contribution is -2.46. The molecule has 0 aromatic heterocycles. The maximum atomic E-state index is 14.4. The summed E-state index contributed by atoms with van der Waals surface area (Å²) in [6.07, 6.45) is 0.575. The van der Waals surface area contributed by atoms with Gasteiger partial charge in [-0.25, -0.2) is 4.39 Å². The predicted molar refractivity (Wildman–Crippen MR) is 102 cm³/mol. The SMILES string of the molecule is O=C([C@@H]1CSC(c2ccccc2)=N1)N1CC(CO)Cc2cccc(F)c21.